The zero-order valence-electron chi connectivity index (χ0n) is 26.2. The van der Waals surface area contributed by atoms with E-state index in [1.807, 2.05) is 0 Å². The molecule has 41 heavy (non-hydrogen) atoms. The minimum atomic E-state index is 0.350. The molecule has 5 heteroatoms. The van der Waals surface area contributed by atoms with Crippen molar-refractivity contribution in [1.82, 2.24) is 20.4 Å². The summed E-state index contributed by atoms with van der Waals surface area (Å²) in [6.07, 6.45) is 32.6. The largest absolute Gasteiger partial charge is 0.358 e. The van der Waals surface area contributed by atoms with Crippen LogP contribution in [-0.4, -0.2) is 77.5 Å². The molecule has 5 aliphatic carbocycles. The van der Waals surface area contributed by atoms with E-state index < -0.39 is 0 Å². The van der Waals surface area contributed by atoms with Gasteiger partial charge in [0, 0.05) is 42.3 Å². The molecule has 0 aromatic rings. The quantitative estimate of drug-likeness (QED) is 0.392. The topological polar surface area (TPSA) is 39.8 Å². The van der Waals surface area contributed by atoms with Crippen molar-refractivity contribution in [3.63, 3.8) is 0 Å². The first-order valence-corrected chi connectivity index (χ1v) is 19.0. The van der Waals surface area contributed by atoms with Gasteiger partial charge in [0.2, 0.25) is 0 Å². The first kappa shape index (κ1) is 28.3. The van der Waals surface area contributed by atoms with Gasteiger partial charge in [-0.1, -0.05) is 51.4 Å². The van der Waals surface area contributed by atoms with Crippen molar-refractivity contribution in [1.29, 1.82) is 0 Å². The Morgan fingerprint density at radius 2 is 1.27 bits per heavy atom. The Bertz CT molecular complexity index is 817. The first-order valence-electron chi connectivity index (χ1n) is 19.0. The Kier molecular flexibility index (Phi) is 8.73. The fourth-order valence-corrected chi connectivity index (χ4v) is 12.2. The van der Waals surface area contributed by atoms with E-state index in [9.17, 15) is 0 Å². The lowest BCUT2D eigenvalue weighted by Gasteiger charge is -2.50. The molecule has 2 N–H and O–H groups in total. The minimum Gasteiger partial charge on any atom is -0.358 e. The summed E-state index contributed by atoms with van der Waals surface area (Å²) in [5.74, 6) is 2.58. The molecule has 3 aliphatic heterocycles. The fraction of sp³-hybridized carbons (Fsp3) is 1.00. The predicted molar refractivity (Wildman–Crippen MR) is 167 cm³/mol. The molecular weight excluding hydrogens is 504 g/mol. The third kappa shape index (κ3) is 5.60. The maximum atomic E-state index is 6.63. The van der Waals surface area contributed by atoms with Gasteiger partial charge in [-0.3, -0.25) is 15.1 Å². The number of piperidine rings is 1. The summed E-state index contributed by atoms with van der Waals surface area (Å²) in [7, 11) is 0. The zero-order chi connectivity index (χ0) is 27.2. The summed E-state index contributed by atoms with van der Waals surface area (Å²) in [4.78, 5) is 6.43. The van der Waals surface area contributed by atoms with Gasteiger partial charge in [0.15, 0.2) is 0 Å². The van der Waals surface area contributed by atoms with E-state index in [1.165, 1.54) is 154 Å². The number of rotatable bonds is 5. The van der Waals surface area contributed by atoms with Gasteiger partial charge in [-0.25, -0.2) is 0 Å². The van der Waals surface area contributed by atoms with Crippen molar-refractivity contribution in [2.75, 3.05) is 13.1 Å². The fourth-order valence-electron chi connectivity index (χ4n) is 12.2. The summed E-state index contributed by atoms with van der Waals surface area (Å²) in [5.41, 5.74) is 0. The third-order valence-corrected chi connectivity index (χ3v) is 14.0. The van der Waals surface area contributed by atoms with Gasteiger partial charge < -0.3 is 10.1 Å². The Hall–Kier alpha value is -0.200. The van der Waals surface area contributed by atoms with E-state index in [-0.39, 0.29) is 0 Å². The van der Waals surface area contributed by atoms with E-state index in [2.05, 4.69) is 20.4 Å². The zero-order valence-corrected chi connectivity index (χ0v) is 26.2. The van der Waals surface area contributed by atoms with Crippen LogP contribution in [0.5, 0.6) is 0 Å². The second-order valence-electron chi connectivity index (χ2n) is 16.1. The van der Waals surface area contributed by atoms with Gasteiger partial charge in [0.05, 0.1) is 6.10 Å². The van der Waals surface area contributed by atoms with Gasteiger partial charge in [-0.15, -0.1) is 0 Å². The smallest absolute Gasteiger partial charge is 0.111 e. The number of likely N-dealkylation sites (tertiary alicyclic amines) is 1. The van der Waals surface area contributed by atoms with Crippen LogP contribution in [0.3, 0.4) is 0 Å². The second kappa shape index (κ2) is 12.7. The maximum absolute atomic E-state index is 6.63. The highest BCUT2D eigenvalue weighted by molar-refractivity contribution is 5.09. The number of hydrogen-bond acceptors (Lipinski definition) is 5. The van der Waals surface area contributed by atoms with E-state index in [0.717, 1.165) is 54.0 Å². The van der Waals surface area contributed by atoms with E-state index >= 15 is 0 Å². The highest BCUT2D eigenvalue weighted by Crippen LogP contribution is 2.50. The lowest BCUT2D eigenvalue weighted by Crippen LogP contribution is -2.55. The van der Waals surface area contributed by atoms with Gasteiger partial charge in [0.1, 0.15) is 6.23 Å². The number of nitrogens with one attached hydrogen (secondary N) is 2. The average molecular weight is 567 g/mol. The minimum absolute atomic E-state index is 0.350. The van der Waals surface area contributed by atoms with Crippen LogP contribution in [0.2, 0.25) is 0 Å². The molecule has 0 bridgehead atoms. The molecule has 3 heterocycles. The normalized spacial score (nSPS) is 46.8. The van der Waals surface area contributed by atoms with Gasteiger partial charge >= 0.3 is 0 Å². The highest BCUT2D eigenvalue weighted by Gasteiger charge is 2.55. The van der Waals surface area contributed by atoms with Crippen molar-refractivity contribution in [2.24, 2.45) is 17.8 Å². The molecule has 0 radical (unpaired) electrons. The summed E-state index contributed by atoms with van der Waals surface area (Å²) in [6, 6.07) is 5.88. The number of fused-ring (bicyclic) bond motifs is 4. The molecule has 8 aliphatic rings. The molecule has 0 amide bonds. The van der Waals surface area contributed by atoms with Crippen LogP contribution >= 0.6 is 0 Å². The molecule has 3 saturated heterocycles. The third-order valence-electron chi connectivity index (χ3n) is 14.0. The van der Waals surface area contributed by atoms with Gasteiger partial charge in [-0.2, -0.15) is 0 Å². The monoisotopic (exact) mass is 566 g/mol. The number of ether oxygens (including phenoxy) is 1. The average Bonchev–Trinajstić information content (AvgIpc) is 3.62. The molecular formula is C36H62N4O. The van der Waals surface area contributed by atoms with Crippen molar-refractivity contribution in [3.8, 4) is 0 Å². The standard InChI is InChI=1S/C36H62N4O/c1-3-9-26(10-4-1)39(27-11-5-2-6-12-27)29-19-20-33-30(23-29)31-24-37-22-21-34(31)40(33)28-17-15-25(16-18-28)36-38-32-13-7-8-14-35(32)41-36/h25-38H,1-24H2. The van der Waals surface area contributed by atoms with Gasteiger partial charge in [-0.05, 0) is 121 Å². The van der Waals surface area contributed by atoms with Crippen LogP contribution in [-0.2, 0) is 4.74 Å². The lowest BCUT2D eigenvalue weighted by atomic mass is 9.73. The van der Waals surface area contributed by atoms with E-state index in [0.29, 0.717) is 18.4 Å². The highest BCUT2D eigenvalue weighted by atomic mass is 16.5. The molecule has 5 saturated carbocycles. The molecule has 8 rings (SSSR count). The van der Waals surface area contributed by atoms with E-state index in [4.69, 9.17) is 4.74 Å². The summed E-state index contributed by atoms with van der Waals surface area (Å²) < 4.78 is 6.63. The summed E-state index contributed by atoms with van der Waals surface area (Å²) in [6.45, 7) is 2.54. The molecule has 8 atom stereocenters. The molecule has 232 valence electrons. The Balaban J connectivity index is 0.950. The van der Waals surface area contributed by atoms with Crippen LogP contribution in [0.25, 0.3) is 0 Å². The SMILES string of the molecule is C1CCC(N(C2CCCCC2)C2CCC3C(C2)C2CNCCC2N3C2CCC(C3NC4CCCCC4O3)CC2)CC1. The summed E-state index contributed by atoms with van der Waals surface area (Å²) >= 11 is 0. The maximum Gasteiger partial charge on any atom is 0.111 e. The van der Waals surface area contributed by atoms with Crippen LogP contribution < -0.4 is 10.6 Å². The summed E-state index contributed by atoms with van der Waals surface area (Å²) in [5, 5.41) is 7.85. The Labute approximate surface area is 251 Å². The van der Waals surface area contributed by atoms with Crippen LogP contribution in [0.4, 0.5) is 0 Å². The molecule has 5 nitrogen and oxygen atoms in total. The number of hydrogen-bond donors (Lipinski definition) is 2. The van der Waals surface area contributed by atoms with E-state index in [1.54, 1.807) is 0 Å². The van der Waals surface area contributed by atoms with Crippen LogP contribution in [0.1, 0.15) is 141 Å². The molecule has 8 unspecified atom stereocenters. The van der Waals surface area contributed by atoms with Crippen LogP contribution in [0, 0.1) is 17.8 Å². The van der Waals surface area contributed by atoms with Crippen molar-refractivity contribution >= 4 is 0 Å². The van der Waals surface area contributed by atoms with Crippen LogP contribution in [0.15, 0.2) is 0 Å². The molecule has 8 fully saturated rings. The molecule has 0 aromatic heterocycles. The van der Waals surface area contributed by atoms with Crippen molar-refractivity contribution in [2.45, 2.75) is 196 Å². The lowest BCUT2D eigenvalue weighted by molar-refractivity contribution is -0.0311. The van der Waals surface area contributed by atoms with Crippen molar-refractivity contribution in [3.05, 3.63) is 0 Å². The molecule has 0 spiro atoms. The Morgan fingerprint density at radius 1 is 0.585 bits per heavy atom. The first-order chi connectivity index (χ1) is 20.3. The number of nitrogens with zero attached hydrogens (tertiary/aromatic N) is 2. The second-order valence-corrected chi connectivity index (χ2v) is 16.1. The van der Waals surface area contributed by atoms with Gasteiger partial charge in [0.25, 0.3) is 0 Å². The van der Waals surface area contributed by atoms with Crippen molar-refractivity contribution < 1.29 is 4.74 Å². The molecule has 0 aromatic carbocycles. The predicted octanol–water partition coefficient (Wildman–Crippen LogP) is 6.60. The Morgan fingerprint density at radius 3 is 2.00 bits per heavy atom.